The van der Waals surface area contributed by atoms with E-state index in [1.807, 2.05) is 30.3 Å². The molecule has 4 heteroatoms. The van der Waals surface area contributed by atoms with Crippen molar-refractivity contribution in [1.29, 1.82) is 5.26 Å². The van der Waals surface area contributed by atoms with E-state index in [1.165, 1.54) is 26.5 Å². The highest BCUT2D eigenvalue weighted by atomic mass is 32.1. The molecule has 8 rings (SSSR count). The molecule has 0 N–H and O–H groups in total. The molecule has 0 radical (unpaired) electrons. The van der Waals surface area contributed by atoms with Crippen LogP contribution < -0.4 is 0 Å². The van der Waals surface area contributed by atoms with Crippen molar-refractivity contribution in [1.82, 2.24) is 9.55 Å². The van der Waals surface area contributed by atoms with Gasteiger partial charge in [0.2, 0.25) is 0 Å². The van der Waals surface area contributed by atoms with E-state index in [2.05, 4.69) is 120 Å². The molecule has 0 spiro atoms. The van der Waals surface area contributed by atoms with Gasteiger partial charge >= 0.3 is 0 Å². The van der Waals surface area contributed by atoms with Crippen molar-refractivity contribution >= 4 is 43.4 Å². The van der Waals surface area contributed by atoms with Gasteiger partial charge in [-0.25, -0.2) is 4.98 Å². The van der Waals surface area contributed by atoms with E-state index >= 15 is 0 Å². The fourth-order valence-electron chi connectivity index (χ4n) is 5.83. The molecule has 6 aromatic carbocycles. The lowest BCUT2D eigenvalue weighted by atomic mass is 9.95. The van der Waals surface area contributed by atoms with Gasteiger partial charge < -0.3 is 4.57 Å². The van der Waals surface area contributed by atoms with E-state index in [0.717, 1.165) is 44.0 Å². The molecule has 0 bridgehead atoms. The van der Waals surface area contributed by atoms with Crippen LogP contribution in [-0.4, -0.2) is 9.55 Å². The standard InChI is InChI=1S/C38H23N3S/c39-24-25-14-16-26(17-15-25)28-20-29(22-30(21-28)38-40-34-11-5-7-13-37(34)42-38)27-18-19-36-33(23-27)32-10-4-6-12-35(32)41(36)31-8-2-1-3-9-31/h1-23H. The van der Waals surface area contributed by atoms with E-state index < -0.39 is 0 Å². The smallest absolute Gasteiger partial charge is 0.124 e. The van der Waals surface area contributed by atoms with Gasteiger partial charge in [-0.1, -0.05) is 66.7 Å². The van der Waals surface area contributed by atoms with Gasteiger partial charge in [-0.15, -0.1) is 11.3 Å². The highest BCUT2D eigenvalue weighted by molar-refractivity contribution is 7.21. The minimum atomic E-state index is 0.654. The number of nitriles is 1. The Kier molecular flexibility index (Phi) is 5.70. The topological polar surface area (TPSA) is 41.6 Å². The number of hydrogen-bond acceptors (Lipinski definition) is 3. The maximum absolute atomic E-state index is 9.33. The van der Waals surface area contributed by atoms with Crippen LogP contribution in [0.1, 0.15) is 5.56 Å². The van der Waals surface area contributed by atoms with Crippen molar-refractivity contribution < 1.29 is 0 Å². The Morgan fingerprint density at radius 3 is 2.02 bits per heavy atom. The van der Waals surface area contributed by atoms with Crippen LogP contribution in [0.25, 0.3) is 70.5 Å². The normalized spacial score (nSPS) is 11.3. The van der Waals surface area contributed by atoms with Crippen LogP contribution >= 0.6 is 11.3 Å². The molecule has 8 aromatic rings. The van der Waals surface area contributed by atoms with Crippen LogP contribution in [0.3, 0.4) is 0 Å². The monoisotopic (exact) mass is 553 g/mol. The average Bonchev–Trinajstić information content (AvgIpc) is 3.64. The Morgan fingerprint density at radius 1 is 0.548 bits per heavy atom. The zero-order chi connectivity index (χ0) is 28.0. The largest absolute Gasteiger partial charge is 0.309 e. The summed E-state index contributed by atoms with van der Waals surface area (Å²) in [7, 11) is 0. The first-order chi connectivity index (χ1) is 20.7. The predicted octanol–water partition coefficient (Wildman–Crippen LogP) is 10.3. The fraction of sp³-hybridized carbons (Fsp3) is 0. The van der Waals surface area contributed by atoms with E-state index in [1.54, 1.807) is 11.3 Å². The Labute approximate surface area is 247 Å². The van der Waals surface area contributed by atoms with Crippen molar-refractivity contribution in [3.05, 3.63) is 145 Å². The van der Waals surface area contributed by atoms with Gasteiger partial charge in [0.1, 0.15) is 5.01 Å². The SMILES string of the molecule is N#Cc1ccc(-c2cc(-c3ccc4c(c3)c3ccccc3n4-c3ccccc3)cc(-c3nc4ccccc4s3)c2)cc1. The number of benzene rings is 6. The summed E-state index contributed by atoms with van der Waals surface area (Å²) in [6.45, 7) is 0. The van der Waals surface area contributed by atoms with Gasteiger partial charge in [-0.2, -0.15) is 5.26 Å². The molecule has 0 unspecified atom stereocenters. The number of aromatic nitrogens is 2. The van der Waals surface area contributed by atoms with Crippen molar-refractivity contribution in [3.63, 3.8) is 0 Å². The molecule has 0 saturated carbocycles. The third-order valence-corrected chi connectivity index (χ3v) is 8.93. The molecule has 0 aliphatic rings. The minimum Gasteiger partial charge on any atom is -0.309 e. The van der Waals surface area contributed by atoms with Crippen LogP contribution in [0.5, 0.6) is 0 Å². The second kappa shape index (κ2) is 9.85. The van der Waals surface area contributed by atoms with Gasteiger partial charge in [-0.05, 0) is 95.1 Å². The number of para-hydroxylation sites is 3. The molecule has 0 saturated heterocycles. The third kappa shape index (κ3) is 4.07. The number of thiazole rings is 1. The van der Waals surface area contributed by atoms with Crippen LogP contribution in [0, 0.1) is 11.3 Å². The van der Waals surface area contributed by atoms with Gasteiger partial charge in [-0.3, -0.25) is 0 Å². The Morgan fingerprint density at radius 2 is 1.21 bits per heavy atom. The lowest BCUT2D eigenvalue weighted by Gasteiger charge is -2.11. The zero-order valence-corrected chi connectivity index (χ0v) is 23.3. The van der Waals surface area contributed by atoms with Gasteiger partial charge in [0.25, 0.3) is 0 Å². The van der Waals surface area contributed by atoms with E-state index in [0.29, 0.717) is 5.56 Å². The number of nitrogens with zero attached hydrogens (tertiary/aromatic N) is 3. The summed E-state index contributed by atoms with van der Waals surface area (Å²) in [5.74, 6) is 0. The Hall–Kier alpha value is -5.50. The quantitative estimate of drug-likeness (QED) is 0.218. The fourth-order valence-corrected chi connectivity index (χ4v) is 6.78. The molecule has 0 fully saturated rings. The van der Waals surface area contributed by atoms with Crippen molar-refractivity contribution in [2.24, 2.45) is 0 Å². The molecule has 42 heavy (non-hydrogen) atoms. The number of hydrogen-bond donors (Lipinski definition) is 0. The van der Waals surface area contributed by atoms with Crippen LogP contribution in [0.2, 0.25) is 0 Å². The maximum atomic E-state index is 9.33. The van der Waals surface area contributed by atoms with Crippen molar-refractivity contribution in [3.8, 4) is 44.6 Å². The van der Waals surface area contributed by atoms with E-state index in [9.17, 15) is 5.26 Å². The lowest BCUT2D eigenvalue weighted by Crippen LogP contribution is -1.92. The van der Waals surface area contributed by atoms with Gasteiger partial charge in [0, 0.05) is 22.0 Å². The molecule has 0 aliphatic heterocycles. The first-order valence-electron chi connectivity index (χ1n) is 13.9. The lowest BCUT2D eigenvalue weighted by molar-refractivity contribution is 1.18. The molecule has 0 atom stereocenters. The van der Waals surface area contributed by atoms with Crippen molar-refractivity contribution in [2.75, 3.05) is 0 Å². The van der Waals surface area contributed by atoms with Gasteiger partial charge in [0.05, 0.1) is 32.9 Å². The first kappa shape index (κ1) is 24.3. The summed E-state index contributed by atoms with van der Waals surface area (Å²) < 4.78 is 3.52. The molecule has 0 aliphatic carbocycles. The molecule has 0 amide bonds. The predicted molar refractivity (Wildman–Crippen MR) is 175 cm³/mol. The molecular formula is C38H23N3S. The van der Waals surface area contributed by atoms with E-state index in [-0.39, 0.29) is 0 Å². The van der Waals surface area contributed by atoms with E-state index in [4.69, 9.17) is 4.98 Å². The minimum absolute atomic E-state index is 0.654. The van der Waals surface area contributed by atoms with Crippen molar-refractivity contribution in [2.45, 2.75) is 0 Å². The summed E-state index contributed by atoms with van der Waals surface area (Å²) in [4.78, 5) is 4.98. The Bertz CT molecular complexity index is 2270. The van der Waals surface area contributed by atoms with Crippen LogP contribution in [0.15, 0.2) is 140 Å². The molecule has 196 valence electrons. The number of rotatable bonds is 4. The summed E-state index contributed by atoms with van der Waals surface area (Å²) in [5.41, 5.74) is 10.7. The summed E-state index contributed by atoms with van der Waals surface area (Å²) in [5, 5.41) is 12.8. The van der Waals surface area contributed by atoms with Crippen LogP contribution in [-0.2, 0) is 0 Å². The molecule has 3 nitrogen and oxygen atoms in total. The molecular weight excluding hydrogens is 531 g/mol. The Balaban J connectivity index is 1.35. The highest BCUT2D eigenvalue weighted by Gasteiger charge is 2.15. The zero-order valence-electron chi connectivity index (χ0n) is 22.5. The third-order valence-electron chi connectivity index (χ3n) is 7.84. The average molecular weight is 554 g/mol. The molecule has 2 heterocycles. The second-order valence-corrected chi connectivity index (χ2v) is 11.4. The maximum Gasteiger partial charge on any atom is 0.124 e. The summed E-state index contributed by atoms with van der Waals surface area (Å²) in [6, 6.07) is 51.0. The molecule has 2 aromatic heterocycles. The first-order valence-corrected chi connectivity index (χ1v) is 14.7. The highest BCUT2D eigenvalue weighted by Crippen LogP contribution is 2.39. The second-order valence-electron chi connectivity index (χ2n) is 10.4. The number of fused-ring (bicyclic) bond motifs is 4. The summed E-state index contributed by atoms with van der Waals surface area (Å²) in [6.07, 6.45) is 0. The van der Waals surface area contributed by atoms with Gasteiger partial charge in [0.15, 0.2) is 0 Å². The summed E-state index contributed by atoms with van der Waals surface area (Å²) >= 11 is 1.71. The van der Waals surface area contributed by atoms with Crippen LogP contribution in [0.4, 0.5) is 0 Å².